The predicted molar refractivity (Wildman–Crippen MR) is 141 cm³/mol. The second kappa shape index (κ2) is 11.8. The van der Waals surface area contributed by atoms with Crippen LogP contribution in [-0.4, -0.2) is 30.2 Å². The Morgan fingerprint density at radius 2 is 1.79 bits per heavy atom. The van der Waals surface area contributed by atoms with Gasteiger partial charge in [-0.25, -0.2) is 4.79 Å². The highest BCUT2D eigenvalue weighted by atomic mass is 32.1. The van der Waals surface area contributed by atoms with E-state index in [1.54, 1.807) is 6.92 Å². The molecule has 1 heterocycles. The first-order valence-corrected chi connectivity index (χ1v) is 12.3. The quantitative estimate of drug-likeness (QED) is 0.298. The number of anilines is 1. The van der Waals surface area contributed by atoms with Crippen LogP contribution in [0.15, 0.2) is 53.9 Å². The van der Waals surface area contributed by atoms with E-state index in [1.807, 2.05) is 60.8 Å². The molecule has 3 aromatic rings. The third-order valence-corrected chi connectivity index (χ3v) is 6.11. The lowest BCUT2D eigenvalue weighted by Crippen LogP contribution is -2.37. The topological polar surface area (TPSA) is 76.7 Å². The number of esters is 1. The van der Waals surface area contributed by atoms with E-state index < -0.39 is 11.9 Å². The van der Waals surface area contributed by atoms with Crippen LogP contribution in [0, 0.1) is 6.92 Å². The van der Waals surface area contributed by atoms with Gasteiger partial charge in [0.1, 0.15) is 16.3 Å². The van der Waals surface area contributed by atoms with Crippen molar-refractivity contribution in [3.8, 4) is 16.9 Å². The Kier molecular flexibility index (Phi) is 8.79. The molecule has 2 aromatic carbocycles. The number of rotatable bonds is 8. The van der Waals surface area contributed by atoms with Gasteiger partial charge in [-0.2, -0.15) is 0 Å². The molecule has 1 aromatic heterocycles. The SMILES string of the molecule is CCOC(=O)c1c(-c2ccc(C)cc2)csc1NC(=S)NC(=O)COc1ccccc1C(C)C. The summed E-state index contributed by atoms with van der Waals surface area (Å²) in [4.78, 5) is 25.2. The number of ether oxygens (including phenoxy) is 2. The number of para-hydroxylation sites is 1. The van der Waals surface area contributed by atoms with Gasteiger partial charge < -0.3 is 14.8 Å². The molecule has 0 aliphatic rings. The van der Waals surface area contributed by atoms with Crippen molar-refractivity contribution in [2.75, 3.05) is 18.5 Å². The summed E-state index contributed by atoms with van der Waals surface area (Å²) in [5, 5.41) is 8.04. The van der Waals surface area contributed by atoms with Gasteiger partial charge in [-0.3, -0.25) is 10.1 Å². The standard InChI is InChI=1S/C26H28N2O4S2/c1-5-31-25(30)23-20(18-12-10-17(4)11-13-18)15-34-24(23)28-26(33)27-22(29)14-32-21-9-7-6-8-19(21)16(2)3/h6-13,15-16H,5,14H2,1-4H3,(H2,27,28,29,33). The number of thiocarbonyl (C=S) groups is 1. The highest BCUT2D eigenvalue weighted by molar-refractivity contribution is 7.80. The number of thiophene rings is 1. The van der Waals surface area contributed by atoms with Gasteiger partial charge in [0.2, 0.25) is 0 Å². The molecule has 0 aliphatic heterocycles. The molecule has 1 amide bonds. The molecule has 0 radical (unpaired) electrons. The molecule has 0 unspecified atom stereocenters. The molecule has 0 aliphatic carbocycles. The molecule has 8 heteroatoms. The molecular weight excluding hydrogens is 468 g/mol. The molecule has 2 N–H and O–H groups in total. The molecule has 6 nitrogen and oxygen atoms in total. The summed E-state index contributed by atoms with van der Waals surface area (Å²) in [6.45, 7) is 7.95. The first-order chi connectivity index (χ1) is 16.3. The average molecular weight is 497 g/mol. The van der Waals surface area contributed by atoms with E-state index in [0.717, 1.165) is 22.3 Å². The second-order valence-electron chi connectivity index (χ2n) is 7.92. The van der Waals surface area contributed by atoms with Gasteiger partial charge >= 0.3 is 5.97 Å². The summed E-state index contributed by atoms with van der Waals surface area (Å²) in [6, 6.07) is 15.5. The van der Waals surface area contributed by atoms with E-state index >= 15 is 0 Å². The summed E-state index contributed by atoms with van der Waals surface area (Å²) in [7, 11) is 0. The Hall–Kier alpha value is -3.23. The second-order valence-corrected chi connectivity index (χ2v) is 9.21. The fourth-order valence-corrected chi connectivity index (χ4v) is 4.57. The zero-order chi connectivity index (χ0) is 24.7. The minimum atomic E-state index is -0.454. The van der Waals surface area contributed by atoms with Crippen molar-refractivity contribution in [2.24, 2.45) is 0 Å². The molecule has 0 fully saturated rings. The van der Waals surface area contributed by atoms with Gasteiger partial charge in [0.15, 0.2) is 11.7 Å². The maximum absolute atomic E-state index is 12.7. The number of carbonyl (C=O) groups excluding carboxylic acids is 2. The maximum Gasteiger partial charge on any atom is 0.341 e. The van der Waals surface area contributed by atoms with Crippen molar-refractivity contribution in [3.05, 3.63) is 70.6 Å². The molecule has 0 saturated carbocycles. The van der Waals surface area contributed by atoms with Crippen LogP contribution in [0.4, 0.5) is 5.00 Å². The van der Waals surface area contributed by atoms with E-state index in [2.05, 4.69) is 24.5 Å². The van der Waals surface area contributed by atoms with Crippen LogP contribution in [0.25, 0.3) is 11.1 Å². The summed E-state index contributed by atoms with van der Waals surface area (Å²) < 4.78 is 11.0. The summed E-state index contributed by atoms with van der Waals surface area (Å²) in [5.74, 6) is 0.0793. The Morgan fingerprint density at radius 3 is 2.47 bits per heavy atom. The van der Waals surface area contributed by atoms with Crippen molar-refractivity contribution >= 4 is 45.5 Å². The molecule has 178 valence electrons. The Bertz CT molecular complexity index is 1170. The fraction of sp³-hybridized carbons (Fsp3) is 0.269. The Labute approximate surface area is 209 Å². The van der Waals surface area contributed by atoms with Crippen LogP contribution in [0.1, 0.15) is 48.2 Å². The average Bonchev–Trinajstić information content (AvgIpc) is 3.21. The molecule has 0 bridgehead atoms. The van der Waals surface area contributed by atoms with Gasteiger partial charge in [-0.05, 0) is 49.2 Å². The molecule has 3 rings (SSSR count). The Balaban J connectivity index is 1.70. The van der Waals surface area contributed by atoms with Gasteiger partial charge in [-0.15, -0.1) is 11.3 Å². The summed E-state index contributed by atoms with van der Waals surface area (Å²) >= 11 is 6.64. The van der Waals surface area contributed by atoms with E-state index in [1.165, 1.54) is 11.3 Å². The molecule has 0 atom stereocenters. The van der Waals surface area contributed by atoms with Crippen molar-refractivity contribution in [1.82, 2.24) is 5.32 Å². The van der Waals surface area contributed by atoms with Crippen LogP contribution in [0.5, 0.6) is 5.75 Å². The van der Waals surface area contributed by atoms with E-state index in [0.29, 0.717) is 16.3 Å². The maximum atomic E-state index is 12.7. The van der Waals surface area contributed by atoms with Gasteiger partial charge in [0, 0.05) is 10.9 Å². The lowest BCUT2D eigenvalue weighted by Gasteiger charge is -2.14. The first-order valence-electron chi connectivity index (χ1n) is 11.0. The van der Waals surface area contributed by atoms with Gasteiger partial charge in [0.05, 0.1) is 6.61 Å². The monoisotopic (exact) mass is 496 g/mol. The molecule has 34 heavy (non-hydrogen) atoms. The largest absolute Gasteiger partial charge is 0.483 e. The smallest absolute Gasteiger partial charge is 0.341 e. The molecule has 0 saturated heterocycles. The van der Waals surface area contributed by atoms with Crippen molar-refractivity contribution in [3.63, 3.8) is 0 Å². The van der Waals surface area contributed by atoms with Crippen molar-refractivity contribution in [2.45, 2.75) is 33.6 Å². The number of hydrogen-bond acceptors (Lipinski definition) is 6. The van der Waals surface area contributed by atoms with Crippen LogP contribution in [0.2, 0.25) is 0 Å². The highest BCUT2D eigenvalue weighted by Gasteiger charge is 2.22. The number of nitrogens with one attached hydrogen (secondary N) is 2. The first kappa shape index (κ1) is 25.4. The van der Waals surface area contributed by atoms with Crippen LogP contribution in [0.3, 0.4) is 0 Å². The number of carbonyl (C=O) groups is 2. The normalized spacial score (nSPS) is 10.6. The number of hydrogen-bond donors (Lipinski definition) is 2. The predicted octanol–water partition coefficient (Wildman–Crippen LogP) is 5.92. The van der Waals surface area contributed by atoms with Crippen molar-refractivity contribution < 1.29 is 19.1 Å². The number of benzene rings is 2. The summed E-state index contributed by atoms with van der Waals surface area (Å²) in [6.07, 6.45) is 0. The zero-order valence-electron chi connectivity index (χ0n) is 19.6. The minimum Gasteiger partial charge on any atom is -0.483 e. The van der Waals surface area contributed by atoms with E-state index in [-0.39, 0.29) is 24.2 Å². The van der Waals surface area contributed by atoms with Crippen LogP contribution in [-0.2, 0) is 9.53 Å². The lowest BCUT2D eigenvalue weighted by atomic mass is 10.0. The zero-order valence-corrected chi connectivity index (χ0v) is 21.3. The highest BCUT2D eigenvalue weighted by Crippen LogP contribution is 2.36. The van der Waals surface area contributed by atoms with E-state index in [9.17, 15) is 9.59 Å². The third-order valence-electron chi connectivity index (χ3n) is 5.01. The Morgan fingerprint density at radius 1 is 1.09 bits per heavy atom. The van der Waals surface area contributed by atoms with Crippen LogP contribution < -0.4 is 15.4 Å². The van der Waals surface area contributed by atoms with Gasteiger partial charge in [-0.1, -0.05) is 61.9 Å². The molecular formula is C26H28N2O4S2. The minimum absolute atomic E-state index is 0.0774. The fourth-order valence-electron chi connectivity index (χ4n) is 3.33. The van der Waals surface area contributed by atoms with Gasteiger partial charge in [0.25, 0.3) is 5.91 Å². The number of aryl methyl sites for hydroxylation is 1. The van der Waals surface area contributed by atoms with E-state index in [4.69, 9.17) is 21.7 Å². The third kappa shape index (κ3) is 6.42. The summed E-state index contributed by atoms with van der Waals surface area (Å²) in [5.41, 5.74) is 4.17. The van der Waals surface area contributed by atoms with Crippen LogP contribution >= 0.6 is 23.6 Å². The number of amides is 1. The van der Waals surface area contributed by atoms with Crippen molar-refractivity contribution in [1.29, 1.82) is 0 Å². The lowest BCUT2D eigenvalue weighted by molar-refractivity contribution is -0.121. The molecule has 0 spiro atoms.